The lowest BCUT2D eigenvalue weighted by Crippen LogP contribution is -2.49. The molecule has 138 valence electrons. The Kier molecular flexibility index (Phi) is 4.35. The third-order valence-electron chi connectivity index (χ3n) is 5.09. The van der Waals surface area contributed by atoms with Gasteiger partial charge < -0.3 is 9.80 Å². The molecule has 1 aliphatic heterocycles. The summed E-state index contributed by atoms with van der Waals surface area (Å²) in [5.74, 6) is 0.0547. The first kappa shape index (κ1) is 17.2. The number of aromatic nitrogens is 3. The Hall–Kier alpha value is -3.22. The van der Waals surface area contributed by atoms with Gasteiger partial charge in [0.2, 0.25) is 0 Å². The van der Waals surface area contributed by atoms with Gasteiger partial charge in [-0.2, -0.15) is 5.10 Å². The lowest BCUT2D eigenvalue weighted by Gasteiger charge is -2.36. The first-order valence-corrected chi connectivity index (χ1v) is 8.99. The fraction of sp³-hybridized carbons (Fsp3) is 0.300. The quantitative estimate of drug-likeness (QED) is 0.667. The minimum absolute atomic E-state index is 0.0102. The number of piperazine rings is 1. The van der Waals surface area contributed by atoms with E-state index in [0.717, 1.165) is 30.1 Å². The van der Waals surface area contributed by atoms with E-state index in [1.54, 1.807) is 23.8 Å². The molecule has 1 saturated heterocycles. The number of hydrogen-bond donors (Lipinski definition) is 0. The number of benzene rings is 1. The van der Waals surface area contributed by atoms with Gasteiger partial charge in [0, 0.05) is 49.7 Å². The summed E-state index contributed by atoms with van der Waals surface area (Å²) in [6, 6.07) is 9.45. The zero-order valence-corrected chi connectivity index (χ0v) is 15.4. The zero-order valence-electron chi connectivity index (χ0n) is 15.4. The van der Waals surface area contributed by atoms with Crippen molar-refractivity contribution in [1.82, 2.24) is 19.5 Å². The number of nitrogens with zero attached hydrogens (tertiary/aromatic N) is 5. The van der Waals surface area contributed by atoms with Gasteiger partial charge in [0.25, 0.3) is 5.91 Å². The van der Waals surface area contributed by atoms with Crippen molar-refractivity contribution in [2.24, 2.45) is 0 Å². The summed E-state index contributed by atoms with van der Waals surface area (Å²) in [4.78, 5) is 32.8. The molecule has 3 heterocycles. The van der Waals surface area contributed by atoms with Crippen LogP contribution in [0.2, 0.25) is 0 Å². The van der Waals surface area contributed by atoms with Crippen LogP contribution in [-0.4, -0.2) is 57.4 Å². The van der Waals surface area contributed by atoms with Crippen LogP contribution in [-0.2, 0) is 0 Å². The SMILES string of the molecule is CC(=O)c1ccc(N2CCN(C(=O)c3cnc4ccnn4c3C)CC2)cc1. The highest BCUT2D eigenvalue weighted by atomic mass is 16.2. The van der Waals surface area contributed by atoms with E-state index in [1.807, 2.05) is 42.2 Å². The van der Waals surface area contributed by atoms with Gasteiger partial charge in [-0.1, -0.05) is 0 Å². The molecule has 0 bridgehead atoms. The second-order valence-electron chi connectivity index (χ2n) is 6.74. The van der Waals surface area contributed by atoms with Crippen LogP contribution in [0, 0.1) is 6.92 Å². The molecule has 0 aliphatic carbocycles. The van der Waals surface area contributed by atoms with Gasteiger partial charge in [-0.25, -0.2) is 9.50 Å². The summed E-state index contributed by atoms with van der Waals surface area (Å²) in [5, 5.41) is 4.23. The Balaban J connectivity index is 1.46. The number of carbonyl (C=O) groups is 2. The predicted molar refractivity (Wildman–Crippen MR) is 102 cm³/mol. The number of amides is 1. The van der Waals surface area contributed by atoms with Gasteiger partial charge in [0.05, 0.1) is 17.5 Å². The normalized spacial score (nSPS) is 14.6. The maximum Gasteiger partial charge on any atom is 0.257 e. The fourth-order valence-electron chi connectivity index (χ4n) is 3.45. The highest BCUT2D eigenvalue weighted by Gasteiger charge is 2.24. The molecule has 0 unspecified atom stereocenters. The van der Waals surface area contributed by atoms with Crippen molar-refractivity contribution in [1.29, 1.82) is 0 Å². The maximum atomic E-state index is 12.9. The van der Waals surface area contributed by atoms with Crippen LogP contribution in [0.4, 0.5) is 5.69 Å². The summed E-state index contributed by atoms with van der Waals surface area (Å²) in [6.07, 6.45) is 3.32. The van der Waals surface area contributed by atoms with Crippen molar-refractivity contribution in [2.75, 3.05) is 31.1 Å². The van der Waals surface area contributed by atoms with Crippen LogP contribution in [0.15, 0.2) is 42.7 Å². The van der Waals surface area contributed by atoms with Crippen molar-refractivity contribution in [3.05, 3.63) is 59.5 Å². The molecule has 1 amide bonds. The van der Waals surface area contributed by atoms with Gasteiger partial charge in [-0.15, -0.1) is 0 Å². The molecule has 7 nitrogen and oxygen atoms in total. The first-order valence-electron chi connectivity index (χ1n) is 8.99. The molecule has 0 spiro atoms. The molecule has 1 fully saturated rings. The van der Waals surface area contributed by atoms with E-state index < -0.39 is 0 Å². The highest BCUT2D eigenvalue weighted by molar-refractivity contribution is 5.95. The van der Waals surface area contributed by atoms with E-state index in [4.69, 9.17) is 0 Å². The summed E-state index contributed by atoms with van der Waals surface area (Å²) in [7, 11) is 0. The summed E-state index contributed by atoms with van der Waals surface area (Å²) in [6.45, 7) is 6.25. The highest BCUT2D eigenvalue weighted by Crippen LogP contribution is 2.19. The molecular formula is C20H21N5O2. The van der Waals surface area contributed by atoms with Crippen LogP contribution in [0.5, 0.6) is 0 Å². The molecular weight excluding hydrogens is 342 g/mol. The van der Waals surface area contributed by atoms with E-state index >= 15 is 0 Å². The number of fused-ring (bicyclic) bond motifs is 1. The lowest BCUT2D eigenvalue weighted by atomic mass is 10.1. The number of Topliss-reactive ketones (excluding diaryl/α,β-unsaturated/α-hetero) is 1. The zero-order chi connectivity index (χ0) is 19.0. The van der Waals surface area contributed by atoms with Crippen molar-refractivity contribution < 1.29 is 9.59 Å². The summed E-state index contributed by atoms with van der Waals surface area (Å²) < 4.78 is 1.69. The molecule has 7 heteroatoms. The third kappa shape index (κ3) is 3.16. The average molecular weight is 363 g/mol. The van der Waals surface area contributed by atoms with Crippen LogP contribution < -0.4 is 4.90 Å². The van der Waals surface area contributed by atoms with Crippen molar-refractivity contribution in [3.8, 4) is 0 Å². The van der Waals surface area contributed by atoms with Crippen LogP contribution >= 0.6 is 0 Å². The van der Waals surface area contributed by atoms with Crippen LogP contribution in [0.3, 0.4) is 0 Å². The van der Waals surface area contributed by atoms with E-state index in [-0.39, 0.29) is 11.7 Å². The number of carbonyl (C=O) groups excluding carboxylic acids is 2. The number of anilines is 1. The lowest BCUT2D eigenvalue weighted by molar-refractivity contribution is 0.0744. The van der Waals surface area contributed by atoms with Crippen LogP contribution in [0.25, 0.3) is 5.65 Å². The second kappa shape index (κ2) is 6.83. The van der Waals surface area contributed by atoms with Gasteiger partial charge in [0.15, 0.2) is 11.4 Å². The molecule has 2 aromatic heterocycles. The maximum absolute atomic E-state index is 12.9. The van der Waals surface area contributed by atoms with Crippen molar-refractivity contribution in [3.63, 3.8) is 0 Å². The number of aryl methyl sites for hydroxylation is 1. The van der Waals surface area contributed by atoms with Crippen LogP contribution in [0.1, 0.15) is 33.3 Å². The Labute approximate surface area is 157 Å². The molecule has 4 rings (SSSR count). The van der Waals surface area contributed by atoms with Crippen molar-refractivity contribution >= 4 is 23.0 Å². The molecule has 0 N–H and O–H groups in total. The Morgan fingerprint density at radius 3 is 2.37 bits per heavy atom. The molecule has 0 radical (unpaired) electrons. The molecule has 0 atom stereocenters. The summed E-state index contributed by atoms with van der Waals surface area (Å²) >= 11 is 0. The number of ketones is 1. The van der Waals surface area contributed by atoms with E-state index in [0.29, 0.717) is 24.2 Å². The Morgan fingerprint density at radius 1 is 1.00 bits per heavy atom. The minimum atomic E-state index is -0.0102. The largest absolute Gasteiger partial charge is 0.368 e. The first-order chi connectivity index (χ1) is 13.0. The van der Waals surface area contributed by atoms with E-state index in [2.05, 4.69) is 15.0 Å². The van der Waals surface area contributed by atoms with E-state index in [9.17, 15) is 9.59 Å². The molecule has 1 aromatic carbocycles. The molecule has 27 heavy (non-hydrogen) atoms. The topological polar surface area (TPSA) is 70.8 Å². The average Bonchev–Trinajstić information content (AvgIpc) is 3.18. The van der Waals surface area contributed by atoms with Crippen molar-refractivity contribution in [2.45, 2.75) is 13.8 Å². The van der Waals surface area contributed by atoms with Gasteiger partial charge in [0.1, 0.15) is 0 Å². The predicted octanol–water partition coefficient (Wildman–Crippen LogP) is 2.20. The molecule has 3 aromatic rings. The third-order valence-corrected chi connectivity index (χ3v) is 5.09. The van der Waals surface area contributed by atoms with Gasteiger partial charge >= 0.3 is 0 Å². The monoisotopic (exact) mass is 363 g/mol. The van der Waals surface area contributed by atoms with E-state index in [1.165, 1.54) is 0 Å². The van der Waals surface area contributed by atoms with Gasteiger partial charge in [-0.05, 0) is 38.1 Å². The fourth-order valence-corrected chi connectivity index (χ4v) is 3.45. The number of rotatable bonds is 3. The Morgan fingerprint density at radius 2 is 1.70 bits per heavy atom. The van der Waals surface area contributed by atoms with Gasteiger partial charge in [-0.3, -0.25) is 9.59 Å². The second-order valence-corrected chi connectivity index (χ2v) is 6.74. The smallest absolute Gasteiger partial charge is 0.257 e. The summed E-state index contributed by atoms with van der Waals surface area (Å²) in [5.41, 5.74) is 3.91. The standard InChI is InChI=1S/C20H21N5O2/c1-14-18(13-21-19-7-8-22-25(14)19)20(27)24-11-9-23(10-12-24)17-5-3-16(4-6-17)15(2)26/h3-8,13H,9-12H2,1-2H3. The molecule has 1 aliphatic rings. The molecule has 0 saturated carbocycles. The number of hydrogen-bond acceptors (Lipinski definition) is 5. The minimum Gasteiger partial charge on any atom is -0.368 e. The Bertz CT molecular complexity index is 1000.